The van der Waals surface area contributed by atoms with E-state index in [-0.39, 0.29) is 0 Å². The Hall–Kier alpha value is -1.99. The van der Waals surface area contributed by atoms with Crippen LogP contribution in [0.4, 0.5) is 5.69 Å². The largest absolute Gasteiger partial charge is 0.480 e. The Kier molecular flexibility index (Phi) is 4.20. The van der Waals surface area contributed by atoms with Crippen molar-refractivity contribution in [1.82, 2.24) is 4.98 Å². The average molecular weight is 345 g/mol. The lowest BCUT2D eigenvalue weighted by Crippen LogP contribution is -2.27. The number of aliphatic imine (C=N–C) groups is 1. The molecule has 24 heavy (non-hydrogen) atoms. The van der Waals surface area contributed by atoms with E-state index < -0.39 is 12.0 Å². The molecule has 126 valence electrons. The first kappa shape index (κ1) is 15.5. The van der Waals surface area contributed by atoms with Crippen molar-refractivity contribution in [3.8, 4) is 0 Å². The van der Waals surface area contributed by atoms with Gasteiger partial charge in [0.2, 0.25) is 0 Å². The molecule has 0 amide bonds. The smallest absolute Gasteiger partial charge is 0.329 e. The number of anilines is 1. The molecule has 1 aromatic heterocycles. The number of fused-ring (bicyclic) bond motifs is 1. The fraction of sp³-hybridized carbons (Fsp3) is 0.412. The van der Waals surface area contributed by atoms with Crippen molar-refractivity contribution in [3.05, 3.63) is 30.0 Å². The Balaban J connectivity index is 1.62. The molecule has 4 rings (SSSR count). The second kappa shape index (κ2) is 6.49. The summed E-state index contributed by atoms with van der Waals surface area (Å²) >= 11 is 1.49. The number of nitrogens with one attached hydrogen (secondary N) is 2. The number of hydrogen-bond acceptors (Lipinski definition) is 5. The molecule has 0 radical (unpaired) electrons. The van der Waals surface area contributed by atoms with E-state index in [0.717, 1.165) is 53.4 Å². The van der Waals surface area contributed by atoms with Gasteiger partial charge in [0.15, 0.2) is 6.04 Å². The summed E-state index contributed by atoms with van der Waals surface area (Å²) in [5.74, 6) is -0.372. The van der Waals surface area contributed by atoms with Gasteiger partial charge in [0.05, 0.1) is 16.9 Å². The van der Waals surface area contributed by atoms with Crippen molar-refractivity contribution in [2.45, 2.75) is 24.9 Å². The molecule has 0 unspecified atom stereocenters. The van der Waals surface area contributed by atoms with Crippen molar-refractivity contribution in [3.63, 3.8) is 0 Å². The van der Waals surface area contributed by atoms with Crippen LogP contribution in [0.2, 0.25) is 0 Å². The van der Waals surface area contributed by atoms with Crippen LogP contribution in [0.5, 0.6) is 0 Å². The Labute approximate surface area is 143 Å². The Morgan fingerprint density at radius 3 is 2.96 bits per heavy atom. The number of para-hydroxylation sites is 1. The first-order chi connectivity index (χ1) is 11.7. The van der Waals surface area contributed by atoms with Crippen LogP contribution in [0, 0.1) is 0 Å². The van der Waals surface area contributed by atoms with Gasteiger partial charge >= 0.3 is 5.97 Å². The van der Waals surface area contributed by atoms with Gasteiger partial charge in [-0.05, 0) is 25.0 Å². The lowest BCUT2D eigenvalue weighted by molar-refractivity contribution is -0.137. The number of nitrogens with zero attached hydrogens (tertiary/aromatic N) is 1. The highest BCUT2D eigenvalue weighted by atomic mass is 32.2. The number of aromatic nitrogens is 1. The molecule has 1 fully saturated rings. The number of rotatable bonds is 4. The molecule has 3 heterocycles. The summed E-state index contributed by atoms with van der Waals surface area (Å²) in [6.07, 6.45) is 2.01. The highest BCUT2D eigenvalue weighted by molar-refractivity contribution is 8.14. The molecule has 1 saturated heterocycles. The van der Waals surface area contributed by atoms with Crippen LogP contribution < -0.4 is 5.32 Å². The second-order valence-corrected chi connectivity index (χ2v) is 7.09. The third-order valence-electron chi connectivity index (χ3n) is 4.40. The molecule has 0 spiro atoms. The molecule has 6 nitrogen and oxygen atoms in total. The highest BCUT2D eigenvalue weighted by Gasteiger charge is 2.26. The molecule has 1 aromatic carbocycles. The maximum absolute atomic E-state index is 11.1. The lowest BCUT2D eigenvalue weighted by Gasteiger charge is -2.24. The van der Waals surface area contributed by atoms with E-state index >= 15 is 0 Å². The van der Waals surface area contributed by atoms with Gasteiger partial charge in [-0.1, -0.05) is 12.1 Å². The maximum atomic E-state index is 11.1. The Morgan fingerprint density at radius 1 is 1.38 bits per heavy atom. The maximum Gasteiger partial charge on any atom is 0.329 e. The molecule has 1 atom stereocenters. The molecule has 2 aliphatic rings. The number of ether oxygens (including phenoxy) is 1. The predicted molar refractivity (Wildman–Crippen MR) is 96.2 cm³/mol. The molecule has 2 aliphatic heterocycles. The number of aliphatic carboxylic acids is 1. The second-order valence-electron chi connectivity index (χ2n) is 6.08. The van der Waals surface area contributed by atoms with Crippen molar-refractivity contribution >= 4 is 39.4 Å². The SMILES string of the molecule is O=C(O)[C@@H]1CSC(c2cc3cccc(NC4CCOCC4)c3[nH]2)=N1. The van der Waals surface area contributed by atoms with Crippen molar-refractivity contribution in [2.24, 2.45) is 4.99 Å². The molecular weight excluding hydrogens is 326 g/mol. The standard InChI is InChI=1S/C17H19N3O3S/c21-17(22)14-9-24-16(20-14)13-8-10-2-1-3-12(15(10)19-13)18-11-4-6-23-7-5-11/h1-3,8,11,14,18-19H,4-7,9H2,(H,21,22)/t14-/m0/s1. The quantitative estimate of drug-likeness (QED) is 0.793. The van der Waals surface area contributed by atoms with E-state index in [4.69, 9.17) is 9.84 Å². The van der Waals surface area contributed by atoms with E-state index in [0.29, 0.717) is 11.8 Å². The van der Waals surface area contributed by atoms with Gasteiger partial charge in [0, 0.05) is 30.4 Å². The topological polar surface area (TPSA) is 86.7 Å². The minimum Gasteiger partial charge on any atom is -0.480 e. The van der Waals surface area contributed by atoms with E-state index in [1.165, 1.54) is 11.8 Å². The van der Waals surface area contributed by atoms with E-state index in [2.05, 4.69) is 27.4 Å². The van der Waals surface area contributed by atoms with Crippen LogP contribution in [0.15, 0.2) is 29.3 Å². The molecule has 7 heteroatoms. The van der Waals surface area contributed by atoms with Crippen molar-refractivity contribution in [1.29, 1.82) is 0 Å². The van der Waals surface area contributed by atoms with Crippen LogP contribution in [-0.2, 0) is 9.53 Å². The summed E-state index contributed by atoms with van der Waals surface area (Å²) in [5.41, 5.74) is 3.00. The predicted octanol–water partition coefficient (Wildman–Crippen LogP) is 2.71. The number of benzene rings is 1. The summed E-state index contributed by atoms with van der Waals surface area (Å²) in [7, 11) is 0. The van der Waals surface area contributed by atoms with Gasteiger partial charge < -0.3 is 20.1 Å². The zero-order valence-electron chi connectivity index (χ0n) is 13.1. The van der Waals surface area contributed by atoms with Crippen LogP contribution >= 0.6 is 11.8 Å². The van der Waals surface area contributed by atoms with Crippen LogP contribution in [0.3, 0.4) is 0 Å². The Bertz CT molecular complexity index is 795. The summed E-state index contributed by atoms with van der Waals surface area (Å²) in [6.45, 7) is 1.60. The number of carbonyl (C=O) groups is 1. The molecule has 0 bridgehead atoms. The molecule has 0 aliphatic carbocycles. The summed E-state index contributed by atoms with van der Waals surface area (Å²) in [5, 5.41) is 14.6. The number of aromatic amines is 1. The van der Waals surface area contributed by atoms with Gasteiger partial charge in [-0.25, -0.2) is 4.79 Å². The van der Waals surface area contributed by atoms with Gasteiger partial charge in [-0.15, -0.1) is 11.8 Å². The Morgan fingerprint density at radius 2 is 2.21 bits per heavy atom. The normalized spacial score (nSPS) is 21.8. The minimum absolute atomic E-state index is 0.422. The first-order valence-corrected chi connectivity index (χ1v) is 9.09. The van der Waals surface area contributed by atoms with Crippen molar-refractivity contribution < 1.29 is 14.6 Å². The fourth-order valence-electron chi connectivity index (χ4n) is 3.10. The van der Waals surface area contributed by atoms with Gasteiger partial charge in [-0.3, -0.25) is 4.99 Å². The zero-order chi connectivity index (χ0) is 16.5. The molecule has 0 saturated carbocycles. The lowest BCUT2D eigenvalue weighted by atomic mass is 10.1. The third-order valence-corrected chi connectivity index (χ3v) is 5.48. The average Bonchev–Trinajstić information content (AvgIpc) is 3.23. The minimum atomic E-state index is -0.865. The highest BCUT2D eigenvalue weighted by Crippen LogP contribution is 2.29. The number of thioether (sulfide) groups is 1. The van der Waals surface area contributed by atoms with Crippen LogP contribution in [0.25, 0.3) is 10.9 Å². The number of carboxylic acids is 1. The van der Waals surface area contributed by atoms with Gasteiger partial charge in [0.1, 0.15) is 5.04 Å². The van der Waals surface area contributed by atoms with Crippen LogP contribution in [0.1, 0.15) is 18.5 Å². The first-order valence-electron chi connectivity index (χ1n) is 8.10. The summed E-state index contributed by atoms with van der Waals surface area (Å²) in [6, 6.07) is 7.98. The number of hydrogen-bond donors (Lipinski definition) is 3. The summed E-state index contributed by atoms with van der Waals surface area (Å²) in [4.78, 5) is 18.8. The van der Waals surface area contributed by atoms with E-state index in [9.17, 15) is 4.79 Å². The van der Waals surface area contributed by atoms with Crippen molar-refractivity contribution in [2.75, 3.05) is 24.3 Å². The van der Waals surface area contributed by atoms with E-state index in [1.54, 1.807) is 0 Å². The van der Waals surface area contributed by atoms with Crippen LogP contribution in [-0.4, -0.2) is 52.2 Å². The van der Waals surface area contributed by atoms with Gasteiger partial charge in [0.25, 0.3) is 0 Å². The molecular formula is C17H19N3O3S. The fourth-order valence-corrected chi connectivity index (χ4v) is 4.10. The number of H-pyrrole nitrogens is 1. The third kappa shape index (κ3) is 3.01. The summed E-state index contributed by atoms with van der Waals surface area (Å²) < 4.78 is 5.41. The number of carboxylic acid groups (broad SMARTS) is 1. The molecule has 2 aromatic rings. The molecule has 3 N–H and O–H groups in total. The van der Waals surface area contributed by atoms with Gasteiger partial charge in [-0.2, -0.15) is 0 Å². The zero-order valence-corrected chi connectivity index (χ0v) is 13.9. The van der Waals surface area contributed by atoms with E-state index in [1.807, 2.05) is 12.1 Å². The monoisotopic (exact) mass is 345 g/mol.